The molecule has 1 aliphatic heterocycles. The minimum atomic E-state index is -0.506. The number of rotatable bonds is 9. The number of benzene rings is 3. The fourth-order valence-electron chi connectivity index (χ4n) is 4.46. The molecule has 8 nitrogen and oxygen atoms in total. The summed E-state index contributed by atoms with van der Waals surface area (Å²) in [5.41, 5.74) is 6.61. The third kappa shape index (κ3) is 7.54. The lowest BCUT2D eigenvalue weighted by molar-refractivity contribution is -0.117. The summed E-state index contributed by atoms with van der Waals surface area (Å²) in [6.45, 7) is 7.59. The summed E-state index contributed by atoms with van der Waals surface area (Å²) in [5, 5.41) is 6.80. The monoisotopic (exact) mass is 543 g/mol. The number of nitrogens with zero attached hydrogens (tertiary/aromatic N) is 3. The number of ether oxygens (including phenoxy) is 1. The Hall–Kier alpha value is -4.50. The van der Waals surface area contributed by atoms with Crippen molar-refractivity contribution >= 4 is 23.7 Å². The van der Waals surface area contributed by atoms with Crippen LogP contribution in [0.4, 0.5) is 10.1 Å². The van der Waals surface area contributed by atoms with Gasteiger partial charge < -0.3 is 15.0 Å². The number of amides is 2. The molecule has 0 radical (unpaired) electrons. The number of anilines is 1. The molecule has 0 atom stereocenters. The third-order valence-electron chi connectivity index (χ3n) is 6.64. The molecule has 9 heteroatoms. The Bertz CT molecular complexity index is 1380. The van der Waals surface area contributed by atoms with Gasteiger partial charge in [0.1, 0.15) is 17.3 Å². The number of nitrogens with one attached hydrogen (secondary N) is 2. The van der Waals surface area contributed by atoms with Gasteiger partial charge in [-0.1, -0.05) is 18.2 Å². The molecule has 0 unspecified atom stereocenters. The van der Waals surface area contributed by atoms with Gasteiger partial charge in [-0.25, -0.2) is 9.82 Å². The van der Waals surface area contributed by atoms with E-state index < -0.39 is 5.91 Å². The van der Waals surface area contributed by atoms with Crippen LogP contribution < -0.4 is 20.4 Å². The molecule has 3 aromatic rings. The van der Waals surface area contributed by atoms with E-state index in [1.54, 1.807) is 51.4 Å². The van der Waals surface area contributed by atoms with Crippen LogP contribution >= 0.6 is 0 Å². The van der Waals surface area contributed by atoms with Crippen LogP contribution in [0.3, 0.4) is 0 Å². The number of carbonyl (C=O) groups is 2. The predicted octanol–water partition coefficient (Wildman–Crippen LogP) is 4.33. The van der Waals surface area contributed by atoms with Crippen molar-refractivity contribution in [3.63, 3.8) is 0 Å². The van der Waals surface area contributed by atoms with Crippen LogP contribution in [0.25, 0.3) is 0 Å². The fourth-order valence-corrected chi connectivity index (χ4v) is 4.46. The first-order chi connectivity index (χ1) is 19.3. The summed E-state index contributed by atoms with van der Waals surface area (Å²) in [4.78, 5) is 29.9. The molecule has 0 aliphatic carbocycles. The average molecular weight is 544 g/mol. The predicted molar refractivity (Wildman–Crippen MR) is 155 cm³/mol. The second-order valence-corrected chi connectivity index (χ2v) is 9.71. The quantitative estimate of drug-likeness (QED) is 0.238. The van der Waals surface area contributed by atoms with Gasteiger partial charge >= 0.3 is 0 Å². The van der Waals surface area contributed by atoms with Crippen LogP contribution in [0.15, 0.2) is 89.2 Å². The smallest absolute Gasteiger partial charge is 0.287 e. The normalized spacial score (nSPS) is 13.7. The molecule has 1 heterocycles. The molecule has 0 aromatic heterocycles. The standard InChI is InChI=1S/C31H34FN5O3/c1-22(2)29(34-30(38)24-7-5-4-6-8-24)31(39)35-33-20-23-9-14-28(40-3)25(19-23)21-36-15-17-37(18-16-36)27-12-10-26(32)11-13-27/h4-14,19-20H,15-18,21H2,1-3H3,(H,34,38)(H,35,39)/b33-20+. The summed E-state index contributed by atoms with van der Waals surface area (Å²) in [5.74, 6) is -0.329. The summed E-state index contributed by atoms with van der Waals surface area (Å²) in [7, 11) is 1.64. The maximum Gasteiger partial charge on any atom is 0.287 e. The van der Waals surface area contributed by atoms with Gasteiger partial charge in [0.05, 0.1) is 13.3 Å². The maximum atomic E-state index is 13.3. The summed E-state index contributed by atoms with van der Waals surface area (Å²) >= 11 is 0. The molecule has 2 N–H and O–H groups in total. The molecular formula is C31H34FN5O3. The Morgan fingerprint density at radius 2 is 1.68 bits per heavy atom. The first-order valence-corrected chi connectivity index (χ1v) is 13.1. The van der Waals surface area contributed by atoms with Gasteiger partial charge in [-0.2, -0.15) is 5.10 Å². The number of hydrazone groups is 1. The molecule has 4 rings (SSSR count). The van der Waals surface area contributed by atoms with E-state index in [1.807, 2.05) is 36.4 Å². The van der Waals surface area contributed by atoms with E-state index in [-0.39, 0.29) is 17.4 Å². The Balaban J connectivity index is 1.35. The van der Waals surface area contributed by atoms with E-state index in [1.165, 1.54) is 12.1 Å². The second kappa shape index (κ2) is 13.5. The van der Waals surface area contributed by atoms with E-state index in [0.29, 0.717) is 17.7 Å². The van der Waals surface area contributed by atoms with Crippen molar-refractivity contribution < 1.29 is 18.7 Å². The van der Waals surface area contributed by atoms with Crippen molar-refractivity contribution in [1.82, 2.24) is 15.6 Å². The molecule has 1 saturated heterocycles. The van der Waals surface area contributed by atoms with E-state index in [9.17, 15) is 14.0 Å². The van der Waals surface area contributed by atoms with Crippen LogP contribution in [0.1, 0.15) is 35.3 Å². The van der Waals surface area contributed by atoms with E-state index >= 15 is 0 Å². The molecule has 208 valence electrons. The number of allylic oxidation sites excluding steroid dienone is 1. The highest BCUT2D eigenvalue weighted by Crippen LogP contribution is 2.23. The minimum Gasteiger partial charge on any atom is -0.496 e. The molecule has 1 aliphatic rings. The first kappa shape index (κ1) is 28.5. The molecule has 40 heavy (non-hydrogen) atoms. The van der Waals surface area contributed by atoms with Crippen molar-refractivity contribution in [1.29, 1.82) is 0 Å². The largest absolute Gasteiger partial charge is 0.496 e. The van der Waals surface area contributed by atoms with Crippen LogP contribution in [0.5, 0.6) is 5.75 Å². The lowest BCUT2D eigenvalue weighted by Crippen LogP contribution is -2.46. The van der Waals surface area contributed by atoms with Crippen LogP contribution in [-0.2, 0) is 11.3 Å². The number of hydrogen-bond acceptors (Lipinski definition) is 6. The first-order valence-electron chi connectivity index (χ1n) is 13.1. The zero-order valence-electron chi connectivity index (χ0n) is 23.0. The summed E-state index contributed by atoms with van der Waals surface area (Å²) < 4.78 is 18.8. The number of halogens is 1. The highest BCUT2D eigenvalue weighted by atomic mass is 19.1. The van der Waals surface area contributed by atoms with Gasteiger partial charge in [-0.15, -0.1) is 0 Å². The summed E-state index contributed by atoms with van der Waals surface area (Å²) in [6, 6.07) is 21.0. The fraction of sp³-hybridized carbons (Fsp3) is 0.258. The third-order valence-corrected chi connectivity index (χ3v) is 6.64. The number of hydrogen-bond donors (Lipinski definition) is 2. The van der Waals surface area contributed by atoms with Crippen LogP contribution in [-0.4, -0.2) is 56.2 Å². The zero-order chi connectivity index (χ0) is 28.5. The van der Waals surface area contributed by atoms with Crippen molar-refractivity contribution in [3.05, 3.63) is 107 Å². The van der Waals surface area contributed by atoms with Gasteiger partial charge in [0.2, 0.25) is 0 Å². The molecule has 2 amide bonds. The van der Waals surface area contributed by atoms with E-state index in [4.69, 9.17) is 4.74 Å². The van der Waals surface area contributed by atoms with Gasteiger partial charge in [-0.3, -0.25) is 14.5 Å². The molecule has 0 spiro atoms. The van der Waals surface area contributed by atoms with Crippen molar-refractivity contribution in [2.75, 3.05) is 38.2 Å². The molecule has 0 saturated carbocycles. The van der Waals surface area contributed by atoms with Gasteiger partial charge in [0, 0.05) is 49.5 Å². The zero-order valence-corrected chi connectivity index (χ0v) is 23.0. The topological polar surface area (TPSA) is 86.3 Å². The average Bonchev–Trinajstić information content (AvgIpc) is 2.97. The van der Waals surface area contributed by atoms with Crippen molar-refractivity contribution in [2.45, 2.75) is 20.4 Å². The number of carbonyl (C=O) groups excluding carboxylic acids is 2. The van der Waals surface area contributed by atoms with E-state index in [0.717, 1.165) is 48.7 Å². The summed E-state index contributed by atoms with van der Waals surface area (Å²) in [6.07, 6.45) is 1.56. The molecule has 1 fully saturated rings. The second-order valence-electron chi connectivity index (χ2n) is 9.71. The highest BCUT2D eigenvalue weighted by molar-refractivity contribution is 6.03. The lowest BCUT2D eigenvalue weighted by atomic mass is 10.1. The Kier molecular flexibility index (Phi) is 9.64. The minimum absolute atomic E-state index is 0.154. The highest BCUT2D eigenvalue weighted by Gasteiger charge is 2.19. The Labute approximate surface area is 234 Å². The molecule has 3 aromatic carbocycles. The van der Waals surface area contributed by atoms with Gasteiger partial charge in [-0.05, 0) is 79.6 Å². The maximum absolute atomic E-state index is 13.3. The van der Waals surface area contributed by atoms with Gasteiger partial charge in [0.15, 0.2) is 0 Å². The van der Waals surface area contributed by atoms with Crippen molar-refractivity contribution in [2.24, 2.45) is 5.10 Å². The van der Waals surface area contributed by atoms with Crippen LogP contribution in [0.2, 0.25) is 0 Å². The van der Waals surface area contributed by atoms with Crippen molar-refractivity contribution in [3.8, 4) is 5.75 Å². The Morgan fingerprint density at radius 1 is 0.975 bits per heavy atom. The van der Waals surface area contributed by atoms with Gasteiger partial charge in [0.25, 0.3) is 11.8 Å². The number of methoxy groups -OCH3 is 1. The van der Waals surface area contributed by atoms with E-state index in [2.05, 4.69) is 25.6 Å². The SMILES string of the molecule is COc1ccc(/C=N/NC(=O)C(NC(=O)c2ccccc2)=C(C)C)cc1CN1CCN(c2ccc(F)cc2)CC1. The van der Waals surface area contributed by atoms with Crippen LogP contribution in [0, 0.1) is 5.82 Å². The number of piperazine rings is 1. The molecule has 0 bridgehead atoms. The Morgan fingerprint density at radius 3 is 2.33 bits per heavy atom. The molecular weight excluding hydrogens is 509 g/mol. The lowest BCUT2D eigenvalue weighted by Gasteiger charge is -2.36.